The molecule has 0 aliphatic carbocycles. The molecule has 0 spiro atoms. The second kappa shape index (κ2) is 18.4. The van der Waals surface area contributed by atoms with Gasteiger partial charge in [0.25, 0.3) is 5.56 Å². The number of H-pyrrole nitrogens is 1. The summed E-state index contributed by atoms with van der Waals surface area (Å²) in [5.74, 6) is 0.0210. The molecule has 4 bridgehead atoms. The molecule has 27 heteroatoms. The van der Waals surface area contributed by atoms with Crippen LogP contribution < -0.4 is 17.0 Å². The summed E-state index contributed by atoms with van der Waals surface area (Å²) in [6.45, 7) is 10.9. The molecule has 5 aliphatic heterocycles. The summed E-state index contributed by atoms with van der Waals surface area (Å²) in [5.41, 5.74) is 9.05. The fourth-order valence-corrected chi connectivity index (χ4v) is 11.0. The normalized spacial score (nSPS) is 34.4. The molecule has 0 radical (unpaired) electrons. The summed E-state index contributed by atoms with van der Waals surface area (Å²) in [6, 6.07) is 0. The molecule has 5 aliphatic rings. The first-order valence-electron chi connectivity index (χ1n) is 20.1. The minimum absolute atomic E-state index is 0.00378. The summed E-state index contributed by atoms with van der Waals surface area (Å²) in [7, 11) is 0. The number of hydrogen-bond acceptors (Lipinski definition) is 20. The van der Waals surface area contributed by atoms with E-state index >= 15 is 0 Å². The van der Waals surface area contributed by atoms with E-state index in [-0.39, 0.29) is 36.1 Å². The van der Waals surface area contributed by atoms with Crippen LogP contribution in [0.5, 0.6) is 0 Å². The highest BCUT2D eigenvalue weighted by Crippen LogP contribution is 2.63. The fraction of sp³-hybridized carbons (Fsp3) is 0.706. The van der Waals surface area contributed by atoms with Gasteiger partial charge in [-0.1, -0.05) is 53.8 Å². The van der Waals surface area contributed by atoms with Crippen LogP contribution in [0.4, 0.5) is 11.8 Å². The maximum Gasteiger partial charge on any atom is 0.386 e. The standard InChI is InChI=1S/C22H24N10O11P2S2.2C6H15N/c23-14-8-15(26-5-25-14)31(6-27-8)18-10-12-21(40-18,1-36-10)3-38-45(35,47)43-13-11-19(32-7-28-9-16(32)29-20(24)30-17(9)33)41-22(13,2-37-11)4-39-44(34,46)42-12;2*1-4-7(5-2)6-3/h5-7,10-13,18-19H,1-4H2,(H,34,46)(H,35,47)(H2,23,25,26)(H3,24,29,30,33);2*4-6H2,1-3H3/t10-,11-,12+,13+,18-,19-,21-,22-,44?,45?;;/m1../s1. The summed E-state index contributed by atoms with van der Waals surface area (Å²) >= 11 is 9.73. The van der Waals surface area contributed by atoms with Gasteiger partial charge in [-0.2, -0.15) is 4.98 Å². The van der Waals surface area contributed by atoms with Crippen LogP contribution in [-0.4, -0.2) is 155 Å². The minimum atomic E-state index is -4.21. The largest absolute Gasteiger partial charge is 0.386 e. The van der Waals surface area contributed by atoms with E-state index in [0.717, 1.165) is 0 Å². The summed E-state index contributed by atoms with van der Waals surface area (Å²) in [6.07, 6.45) is -1.89. The predicted molar refractivity (Wildman–Crippen MR) is 229 cm³/mol. The third-order valence-corrected chi connectivity index (χ3v) is 14.6. The van der Waals surface area contributed by atoms with Crippen LogP contribution >= 0.6 is 25.8 Å². The van der Waals surface area contributed by atoms with Gasteiger partial charge in [-0.15, -0.1) is 0 Å². The van der Waals surface area contributed by atoms with Crippen molar-refractivity contribution in [3.8, 4) is 0 Å². The highest BCUT2D eigenvalue weighted by Gasteiger charge is 2.68. The molecule has 338 valence electrons. The zero-order valence-corrected chi connectivity index (χ0v) is 38.2. The molecule has 23 nitrogen and oxygen atoms in total. The molecule has 61 heavy (non-hydrogen) atoms. The minimum Gasteiger partial charge on any atom is -0.382 e. The van der Waals surface area contributed by atoms with Crippen molar-refractivity contribution < 1.29 is 46.5 Å². The Labute approximate surface area is 362 Å². The van der Waals surface area contributed by atoms with Crippen LogP contribution in [0.1, 0.15) is 54.0 Å². The van der Waals surface area contributed by atoms with E-state index in [1.165, 1.54) is 62.8 Å². The maximum absolute atomic E-state index is 13.9. The van der Waals surface area contributed by atoms with Gasteiger partial charge in [0.1, 0.15) is 47.5 Å². The van der Waals surface area contributed by atoms with Gasteiger partial charge < -0.3 is 49.6 Å². The molecule has 0 saturated carbocycles. The Morgan fingerprint density at radius 1 is 0.803 bits per heavy atom. The maximum atomic E-state index is 13.9. The Bertz CT molecular complexity index is 2310. The second-order valence-electron chi connectivity index (χ2n) is 14.8. The third kappa shape index (κ3) is 9.03. The molecule has 0 amide bonds. The van der Waals surface area contributed by atoms with E-state index < -0.39 is 80.4 Å². The quantitative estimate of drug-likeness (QED) is 0.125. The number of aromatic amines is 1. The fourth-order valence-electron chi connectivity index (χ4n) is 8.01. The van der Waals surface area contributed by atoms with Crippen molar-refractivity contribution in [2.75, 3.05) is 77.2 Å². The van der Waals surface area contributed by atoms with Crippen LogP contribution in [0.15, 0.2) is 23.8 Å². The van der Waals surface area contributed by atoms with Crippen LogP contribution in [0.3, 0.4) is 0 Å². The van der Waals surface area contributed by atoms with Gasteiger partial charge >= 0.3 is 13.5 Å². The second-order valence-corrected chi connectivity index (χ2v) is 20.5. The molecule has 6 N–H and O–H groups in total. The summed E-state index contributed by atoms with van der Waals surface area (Å²) in [5, 5.41) is 0. The molecular formula is C34H54N12O11P2S2. The molecule has 0 aromatic carbocycles. The first kappa shape index (κ1) is 46.3. The Hall–Kier alpha value is -2.71. The first-order valence-corrected chi connectivity index (χ1v) is 25.4. The monoisotopic (exact) mass is 932 g/mol. The highest BCUT2D eigenvalue weighted by atomic mass is 32.7. The number of anilines is 2. The van der Waals surface area contributed by atoms with E-state index in [1.807, 2.05) is 0 Å². The molecule has 9 rings (SSSR count). The number of nitrogen functional groups attached to an aromatic ring is 2. The zero-order chi connectivity index (χ0) is 43.9. The Balaban J connectivity index is 0.000000348. The number of aromatic nitrogens is 8. The molecule has 9 heterocycles. The third-order valence-electron chi connectivity index (χ3n) is 11.5. The van der Waals surface area contributed by atoms with Crippen molar-refractivity contribution in [2.24, 2.45) is 0 Å². The van der Waals surface area contributed by atoms with Crippen LogP contribution in [-0.2, 0) is 53.4 Å². The number of nitrogens with zero attached hydrogens (tertiary/aromatic N) is 9. The predicted octanol–water partition coefficient (Wildman–Crippen LogP) is 2.22. The molecule has 4 aromatic rings. The van der Waals surface area contributed by atoms with Crippen molar-refractivity contribution in [3.05, 3.63) is 29.3 Å². The van der Waals surface area contributed by atoms with Gasteiger partial charge in [-0.05, 0) is 51.1 Å². The zero-order valence-electron chi connectivity index (χ0n) is 34.7. The van der Waals surface area contributed by atoms with E-state index in [4.69, 9.17) is 60.3 Å². The number of ether oxygens (including phenoxy) is 4. The lowest BCUT2D eigenvalue weighted by Crippen LogP contribution is -2.48. The SMILES string of the molecule is CCN(CC)CC.CCN(CC)CC.Nc1nc2c(ncn2[C@@H]2O[C@@]34CO[C@@H]2[C@@H]3OP(O)(=S)OC[C@@]23CO[C@@H]([C@H](n5cnc6c(N)ncnc65)O2)[C@@H]3OP(=O)(S)OC4)c(=O)[nH]1. The smallest absolute Gasteiger partial charge is 0.382 e. The van der Waals surface area contributed by atoms with E-state index in [1.54, 1.807) is 4.57 Å². The number of nitrogens with one attached hydrogen (secondary N) is 1. The van der Waals surface area contributed by atoms with E-state index in [9.17, 15) is 14.3 Å². The van der Waals surface area contributed by atoms with Crippen molar-refractivity contribution in [2.45, 2.75) is 89.6 Å². The van der Waals surface area contributed by atoms with Gasteiger partial charge in [0.2, 0.25) is 5.95 Å². The lowest BCUT2D eigenvalue weighted by atomic mass is 10.0. The lowest BCUT2D eigenvalue weighted by Gasteiger charge is -2.36. The number of imidazole rings is 2. The van der Waals surface area contributed by atoms with Crippen LogP contribution in [0.2, 0.25) is 0 Å². The Morgan fingerprint density at radius 2 is 1.31 bits per heavy atom. The number of nitrogens with two attached hydrogens (primary N) is 2. The van der Waals surface area contributed by atoms with E-state index in [0.29, 0.717) is 11.2 Å². The molecular weight excluding hydrogens is 879 g/mol. The average Bonchev–Trinajstić information content (AvgIpc) is 4.09. The molecule has 5 fully saturated rings. The number of rotatable bonds is 8. The van der Waals surface area contributed by atoms with Crippen molar-refractivity contribution in [1.29, 1.82) is 0 Å². The Morgan fingerprint density at radius 3 is 1.85 bits per heavy atom. The van der Waals surface area contributed by atoms with Gasteiger partial charge in [0.15, 0.2) is 35.1 Å². The average molecular weight is 933 g/mol. The molecule has 4 aromatic heterocycles. The van der Waals surface area contributed by atoms with Gasteiger partial charge in [-0.3, -0.25) is 32.5 Å². The van der Waals surface area contributed by atoms with Crippen molar-refractivity contribution >= 4 is 71.7 Å². The van der Waals surface area contributed by atoms with Gasteiger partial charge in [0.05, 0.1) is 39.1 Å². The molecule has 10 atom stereocenters. The summed E-state index contributed by atoms with van der Waals surface area (Å²) in [4.78, 5) is 51.8. The first-order chi connectivity index (χ1) is 29.1. The van der Waals surface area contributed by atoms with Crippen molar-refractivity contribution in [1.82, 2.24) is 48.8 Å². The van der Waals surface area contributed by atoms with Crippen LogP contribution in [0.25, 0.3) is 22.3 Å². The van der Waals surface area contributed by atoms with Crippen molar-refractivity contribution in [3.63, 3.8) is 0 Å². The van der Waals surface area contributed by atoms with Gasteiger partial charge in [-0.25, -0.2) is 24.5 Å². The molecule has 5 saturated heterocycles. The highest BCUT2D eigenvalue weighted by molar-refractivity contribution is 8.44. The number of hydrogen-bond donors (Lipinski definition) is 5. The topological polar surface area (TPSA) is 277 Å². The number of thiol groups is 1. The molecule has 2 unspecified atom stereocenters. The van der Waals surface area contributed by atoms with Gasteiger partial charge in [0, 0.05) is 0 Å². The lowest BCUT2D eigenvalue weighted by molar-refractivity contribution is -0.187. The van der Waals surface area contributed by atoms with Crippen LogP contribution in [0, 0.1) is 0 Å². The summed E-state index contributed by atoms with van der Waals surface area (Å²) < 4.78 is 65.6. The number of fused-ring (bicyclic) bond motifs is 2. The van der Waals surface area contributed by atoms with E-state index in [2.05, 4.69) is 93.5 Å². The Kier molecular flexibility index (Phi) is 14.0.